The van der Waals surface area contributed by atoms with Crippen LogP contribution in [0.15, 0.2) is 11.6 Å². The maximum atomic E-state index is 12.7. The average molecular weight is 247 g/mol. The van der Waals surface area contributed by atoms with Gasteiger partial charge in [0.05, 0.1) is 0 Å². The summed E-state index contributed by atoms with van der Waals surface area (Å²) >= 11 is 0. The van der Waals surface area contributed by atoms with E-state index < -0.39 is 0 Å². The minimum absolute atomic E-state index is 0.0966. The van der Waals surface area contributed by atoms with E-state index in [0.29, 0.717) is 17.7 Å². The van der Waals surface area contributed by atoms with Crippen LogP contribution in [0.25, 0.3) is 0 Å². The van der Waals surface area contributed by atoms with Crippen LogP contribution >= 0.6 is 0 Å². The smallest absolute Gasteiger partial charge is 0.165 e. The van der Waals surface area contributed by atoms with Crippen molar-refractivity contribution in [2.45, 2.75) is 52.5 Å². The number of carbonyl (C=O) groups is 1. The molecule has 2 aliphatic carbocycles. The van der Waals surface area contributed by atoms with Gasteiger partial charge in [0.1, 0.15) is 0 Å². The predicted molar refractivity (Wildman–Crippen MR) is 73.4 cm³/mol. The molecule has 0 amide bonds. The summed E-state index contributed by atoms with van der Waals surface area (Å²) in [6.07, 6.45) is 7.09. The minimum atomic E-state index is -0.0966. The SMILES string of the molecule is CN1CCCC1/C=C1/C(=O)[C@@]2(C)CC[C@@H]1C2(C)C. The highest BCUT2D eigenvalue weighted by atomic mass is 16.1. The van der Waals surface area contributed by atoms with Gasteiger partial charge < -0.3 is 0 Å². The number of hydrogen-bond donors (Lipinski definition) is 0. The molecule has 0 aromatic carbocycles. The first kappa shape index (κ1) is 12.4. The molecule has 2 saturated carbocycles. The molecule has 3 aliphatic rings. The number of ketones is 1. The van der Waals surface area contributed by atoms with Crippen molar-refractivity contribution in [3.05, 3.63) is 11.6 Å². The Morgan fingerprint density at radius 2 is 2.00 bits per heavy atom. The Labute approximate surface area is 110 Å². The number of carbonyl (C=O) groups excluding carboxylic acids is 1. The summed E-state index contributed by atoms with van der Waals surface area (Å²) in [5.41, 5.74) is 1.22. The highest BCUT2D eigenvalue weighted by Crippen LogP contribution is 2.65. The lowest BCUT2D eigenvalue weighted by Gasteiger charge is -2.31. The van der Waals surface area contributed by atoms with Gasteiger partial charge in [-0.2, -0.15) is 0 Å². The van der Waals surface area contributed by atoms with E-state index >= 15 is 0 Å². The van der Waals surface area contributed by atoms with Crippen molar-refractivity contribution in [1.82, 2.24) is 4.90 Å². The maximum Gasteiger partial charge on any atom is 0.165 e. The molecule has 0 N–H and O–H groups in total. The standard InChI is InChI=1S/C16H25NO/c1-15(2)13-7-8-16(15,3)14(18)12(13)10-11-6-5-9-17(11)4/h10-11,13H,5-9H2,1-4H3/b12-10+/t11?,13-,16+/m0/s1. The zero-order chi connectivity index (χ0) is 13.1. The molecule has 1 unspecified atom stereocenters. The molecule has 3 fully saturated rings. The van der Waals surface area contributed by atoms with E-state index in [2.05, 4.69) is 38.8 Å². The molecule has 2 bridgehead atoms. The third kappa shape index (κ3) is 1.36. The topological polar surface area (TPSA) is 20.3 Å². The molecule has 3 rings (SSSR count). The molecule has 0 aromatic rings. The number of hydrogen-bond acceptors (Lipinski definition) is 2. The molecular weight excluding hydrogens is 222 g/mol. The van der Waals surface area contributed by atoms with Gasteiger partial charge in [-0.05, 0) is 56.2 Å². The lowest BCUT2D eigenvalue weighted by molar-refractivity contribution is -0.125. The summed E-state index contributed by atoms with van der Waals surface area (Å²) < 4.78 is 0. The van der Waals surface area contributed by atoms with Crippen molar-refractivity contribution in [2.24, 2.45) is 16.7 Å². The lowest BCUT2D eigenvalue weighted by Crippen LogP contribution is -2.32. The van der Waals surface area contributed by atoms with Gasteiger partial charge in [0.15, 0.2) is 5.78 Å². The van der Waals surface area contributed by atoms with E-state index in [-0.39, 0.29) is 10.8 Å². The second-order valence-electron chi connectivity index (χ2n) is 7.29. The lowest BCUT2D eigenvalue weighted by atomic mass is 9.70. The van der Waals surface area contributed by atoms with Crippen LogP contribution in [0.4, 0.5) is 0 Å². The van der Waals surface area contributed by atoms with Crippen molar-refractivity contribution in [2.75, 3.05) is 13.6 Å². The number of nitrogens with zero attached hydrogens (tertiary/aromatic N) is 1. The molecule has 3 atom stereocenters. The van der Waals surface area contributed by atoms with Gasteiger partial charge in [0.25, 0.3) is 0 Å². The monoisotopic (exact) mass is 247 g/mol. The number of fused-ring (bicyclic) bond motifs is 2. The van der Waals surface area contributed by atoms with Crippen molar-refractivity contribution >= 4 is 5.78 Å². The molecule has 0 spiro atoms. The Hall–Kier alpha value is -0.630. The second kappa shape index (κ2) is 3.69. The van der Waals surface area contributed by atoms with Crippen LogP contribution in [-0.4, -0.2) is 30.3 Å². The summed E-state index contributed by atoms with van der Waals surface area (Å²) in [4.78, 5) is 15.1. The first-order valence-corrected chi connectivity index (χ1v) is 7.35. The molecule has 2 nitrogen and oxygen atoms in total. The fourth-order valence-electron chi connectivity index (χ4n) is 4.47. The second-order valence-corrected chi connectivity index (χ2v) is 7.29. The van der Waals surface area contributed by atoms with E-state index in [0.717, 1.165) is 12.0 Å². The Kier molecular flexibility index (Phi) is 2.54. The van der Waals surface area contributed by atoms with Crippen molar-refractivity contribution in [3.8, 4) is 0 Å². The van der Waals surface area contributed by atoms with Gasteiger partial charge in [-0.3, -0.25) is 9.69 Å². The Balaban J connectivity index is 1.96. The molecule has 0 radical (unpaired) electrons. The van der Waals surface area contributed by atoms with E-state index in [1.165, 1.54) is 25.8 Å². The molecule has 1 aliphatic heterocycles. The number of likely N-dealkylation sites (N-methyl/N-ethyl adjacent to an activating group) is 1. The van der Waals surface area contributed by atoms with Crippen LogP contribution in [0.5, 0.6) is 0 Å². The van der Waals surface area contributed by atoms with Gasteiger partial charge in [-0.1, -0.05) is 26.8 Å². The van der Waals surface area contributed by atoms with E-state index in [9.17, 15) is 4.79 Å². The summed E-state index contributed by atoms with van der Waals surface area (Å²) in [5, 5.41) is 0. The molecule has 100 valence electrons. The van der Waals surface area contributed by atoms with Crippen molar-refractivity contribution in [1.29, 1.82) is 0 Å². The van der Waals surface area contributed by atoms with Gasteiger partial charge in [0, 0.05) is 11.5 Å². The number of allylic oxidation sites excluding steroid dienone is 1. The van der Waals surface area contributed by atoms with E-state index in [1.807, 2.05) is 0 Å². The number of rotatable bonds is 1. The predicted octanol–water partition coefficient (Wildman–Crippen LogP) is 3.03. The Bertz CT molecular complexity index is 423. The summed E-state index contributed by atoms with van der Waals surface area (Å²) in [6, 6.07) is 0.502. The normalized spacial score (nSPS) is 45.3. The first-order chi connectivity index (χ1) is 8.38. The molecule has 1 heterocycles. The van der Waals surface area contributed by atoms with Gasteiger partial charge in [0.2, 0.25) is 0 Å². The minimum Gasteiger partial charge on any atom is -0.300 e. The van der Waals surface area contributed by atoms with Crippen molar-refractivity contribution < 1.29 is 4.79 Å². The highest BCUT2D eigenvalue weighted by Gasteiger charge is 2.63. The van der Waals surface area contributed by atoms with Gasteiger partial charge in [-0.15, -0.1) is 0 Å². The number of likely N-dealkylation sites (tertiary alicyclic amines) is 1. The Morgan fingerprint density at radius 3 is 2.50 bits per heavy atom. The fraction of sp³-hybridized carbons (Fsp3) is 0.812. The first-order valence-electron chi connectivity index (χ1n) is 7.35. The summed E-state index contributed by atoms with van der Waals surface area (Å²) in [6.45, 7) is 7.95. The van der Waals surface area contributed by atoms with Gasteiger partial charge in [-0.25, -0.2) is 0 Å². The van der Waals surface area contributed by atoms with Crippen LogP contribution in [0.2, 0.25) is 0 Å². The van der Waals surface area contributed by atoms with Gasteiger partial charge >= 0.3 is 0 Å². The summed E-state index contributed by atoms with van der Waals surface area (Å²) in [5.74, 6) is 0.952. The third-order valence-electron chi connectivity index (χ3n) is 6.31. The zero-order valence-corrected chi connectivity index (χ0v) is 12.1. The number of Topliss-reactive ketones (excluding diaryl/α,β-unsaturated/α-hetero) is 1. The molecule has 1 saturated heterocycles. The average Bonchev–Trinajstić information content (AvgIpc) is 2.83. The van der Waals surface area contributed by atoms with Crippen LogP contribution in [0.3, 0.4) is 0 Å². The Morgan fingerprint density at radius 1 is 1.28 bits per heavy atom. The quantitative estimate of drug-likeness (QED) is 0.664. The van der Waals surface area contributed by atoms with Crippen LogP contribution in [-0.2, 0) is 4.79 Å². The van der Waals surface area contributed by atoms with Crippen LogP contribution in [0, 0.1) is 16.7 Å². The van der Waals surface area contributed by atoms with Crippen LogP contribution < -0.4 is 0 Å². The van der Waals surface area contributed by atoms with E-state index in [4.69, 9.17) is 0 Å². The molecular formula is C16H25NO. The van der Waals surface area contributed by atoms with Crippen molar-refractivity contribution in [3.63, 3.8) is 0 Å². The maximum absolute atomic E-state index is 12.7. The fourth-order valence-corrected chi connectivity index (χ4v) is 4.47. The third-order valence-corrected chi connectivity index (χ3v) is 6.31. The van der Waals surface area contributed by atoms with Crippen LogP contribution in [0.1, 0.15) is 46.5 Å². The molecule has 18 heavy (non-hydrogen) atoms. The zero-order valence-electron chi connectivity index (χ0n) is 12.1. The highest BCUT2D eigenvalue weighted by molar-refractivity contribution is 6.04. The summed E-state index contributed by atoms with van der Waals surface area (Å²) in [7, 11) is 2.18. The molecule has 2 heteroatoms. The largest absolute Gasteiger partial charge is 0.300 e. The van der Waals surface area contributed by atoms with E-state index in [1.54, 1.807) is 0 Å². The molecule has 0 aromatic heterocycles.